The van der Waals surface area contributed by atoms with Gasteiger partial charge in [0.15, 0.2) is 0 Å². The number of nitrogens with one attached hydrogen (secondary N) is 1. The minimum Gasteiger partial charge on any atom is -0.497 e. The van der Waals surface area contributed by atoms with Crippen LogP contribution in [0.5, 0.6) is 17.2 Å². The Morgan fingerprint density at radius 1 is 0.536 bits per heavy atom. The van der Waals surface area contributed by atoms with Gasteiger partial charge in [-0.1, -0.05) is 34.8 Å². The van der Waals surface area contributed by atoms with Crippen LogP contribution in [0.1, 0.15) is 16.7 Å². The molecule has 0 aliphatic rings. The van der Waals surface area contributed by atoms with Crippen molar-refractivity contribution >= 4 is 34.8 Å². The molecule has 0 aliphatic carbocycles. The second kappa shape index (κ2) is 22.7. The number of aromatic amines is 1. The molecule has 1 N–H and O–H groups in total. The number of pyridine rings is 3. The SMILES string of the molecule is COc1cc(C)cc(-c2[nH]ncc2-c2ccc(Cl)nc2)c1.COc1cc(C)cc(-c2c(-c3ccc(Cl)nc3)cnn2CC#N)c1.COc1cc(C)cc(-c2nn(CC#N)cc2-c2ccc(Cl)nc2)c1. The van der Waals surface area contributed by atoms with Crippen molar-refractivity contribution in [3.63, 3.8) is 0 Å². The number of hydrogen-bond acceptors (Lipinski definition) is 11. The van der Waals surface area contributed by atoms with Crippen molar-refractivity contribution in [1.29, 1.82) is 10.5 Å². The first-order valence-corrected chi connectivity index (χ1v) is 22.3. The maximum Gasteiger partial charge on any atom is 0.129 e. The predicted molar refractivity (Wildman–Crippen MR) is 269 cm³/mol. The van der Waals surface area contributed by atoms with E-state index in [1.54, 1.807) is 79.9 Å². The Morgan fingerprint density at radius 3 is 1.52 bits per heavy atom. The lowest BCUT2D eigenvalue weighted by Gasteiger charge is -2.11. The number of halogens is 3. The van der Waals surface area contributed by atoms with E-state index in [0.717, 1.165) is 101 Å². The van der Waals surface area contributed by atoms with Gasteiger partial charge in [-0.2, -0.15) is 25.8 Å². The number of hydrogen-bond donors (Lipinski definition) is 1. The number of rotatable bonds is 11. The molecule has 9 aromatic rings. The number of aromatic nitrogens is 9. The van der Waals surface area contributed by atoms with Gasteiger partial charge in [-0.3, -0.25) is 14.5 Å². The summed E-state index contributed by atoms with van der Waals surface area (Å²) in [5, 5.41) is 35.5. The minimum atomic E-state index is 0.159. The van der Waals surface area contributed by atoms with Crippen molar-refractivity contribution in [2.45, 2.75) is 33.9 Å². The molecule has 3 aromatic carbocycles. The van der Waals surface area contributed by atoms with Crippen molar-refractivity contribution in [1.82, 2.24) is 44.7 Å². The fraction of sp³-hybridized carbons (Fsp3) is 0.154. The quantitative estimate of drug-likeness (QED) is 0.122. The Morgan fingerprint density at radius 2 is 1.01 bits per heavy atom. The average molecular weight is 977 g/mol. The van der Waals surface area contributed by atoms with Gasteiger partial charge in [-0.15, -0.1) is 0 Å². The first-order valence-electron chi connectivity index (χ1n) is 21.1. The van der Waals surface area contributed by atoms with E-state index in [0.29, 0.717) is 15.5 Å². The van der Waals surface area contributed by atoms with Crippen molar-refractivity contribution in [3.05, 3.63) is 160 Å². The Hall–Kier alpha value is -8.01. The molecule has 0 amide bonds. The molecule has 0 saturated carbocycles. The summed E-state index contributed by atoms with van der Waals surface area (Å²) in [4.78, 5) is 12.4. The molecule has 14 nitrogen and oxygen atoms in total. The van der Waals surface area contributed by atoms with Crippen LogP contribution < -0.4 is 14.2 Å². The minimum absolute atomic E-state index is 0.159. The highest BCUT2D eigenvalue weighted by molar-refractivity contribution is 6.30. The number of nitrogens with zero attached hydrogens (tertiary/aromatic N) is 10. The Bertz CT molecular complexity index is 3240. The molecule has 346 valence electrons. The number of benzene rings is 3. The fourth-order valence-corrected chi connectivity index (χ4v) is 7.77. The van der Waals surface area contributed by atoms with Crippen LogP contribution >= 0.6 is 34.8 Å². The molecule has 0 spiro atoms. The molecular weight excluding hydrogens is 933 g/mol. The van der Waals surface area contributed by atoms with E-state index in [9.17, 15) is 0 Å². The summed E-state index contributed by atoms with van der Waals surface area (Å²) in [5.74, 6) is 2.34. The summed E-state index contributed by atoms with van der Waals surface area (Å²) in [5.41, 5.74) is 14.2. The van der Waals surface area contributed by atoms with Crippen molar-refractivity contribution < 1.29 is 14.2 Å². The third-order valence-corrected chi connectivity index (χ3v) is 11.2. The van der Waals surface area contributed by atoms with Crippen LogP contribution in [0.4, 0.5) is 0 Å². The molecule has 6 aromatic heterocycles. The van der Waals surface area contributed by atoms with Crippen molar-refractivity contribution in [2.24, 2.45) is 0 Å². The van der Waals surface area contributed by atoms with Gasteiger partial charge < -0.3 is 14.2 Å². The second-order valence-electron chi connectivity index (χ2n) is 15.5. The monoisotopic (exact) mass is 975 g/mol. The highest BCUT2D eigenvalue weighted by Crippen LogP contribution is 2.37. The van der Waals surface area contributed by atoms with Gasteiger partial charge in [-0.05, 0) is 128 Å². The molecule has 0 atom stereocenters. The van der Waals surface area contributed by atoms with Crippen LogP contribution in [0.25, 0.3) is 67.2 Å². The number of ether oxygens (including phenoxy) is 3. The van der Waals surface area contributed by atoms with E-state index >= 15 is 0 Å². The normalized spacial score (nSPS) is 10.5. The van der Waals surface area contributed by atoms with Gasteiger partial charge in [0.25, 0.3) is 0 Å². The molecule has 0 fully saturated rings. The maximum absolute atomic E-state index is 9.10. The molecule has 0 aliphatic heterocycles. The van der Waals surface area contributed by atoms with Gasteiger partial charge in [0.2, 0.25) is 0 Å². The van der Waals surface area contributed by atoms with Crippen LogP contribution in [-0.4, -0.2) is 66.0 Å². The second-order valence-corrected chi connectivity index (χ2v) is 16.6. The maximum atomic E-state index is 9.10. The number of nitriles is 2. The molecule has 9 rings (SSSR count). The summed E-state index contributed by atoms with van der Waals surface area (Å²) in [7, 11) is 4.93. The van der Waals surface area contributed by atoms with Crippen molar-refractivity contribution in [3.8, 4) is 96.5 Å². The lowest BCUT2D eigenvalue weighted by molar-refractivity contribution is 0.414. The average Bonchev–Trinajstić information content (AvgIpc) is 4.12. The van der Waals surface area contributed by atoms with E-state index < -0.39 is 0 Å². The van der Waals surface area contributed by atoms with Gasteiger partial charge in [-0.25, -0.2) is 15.0 Å². The van der Waals surface area contributed by atoms with E-state index in [1.165, 1.54) is 0 Å². The molecule has 0 radical (unpaired) electrons. The number of H-pyrrole nitrogens is 1. The molecular formula is C52H44Cl3N11O3. The molecule has 17 heteroatoms. The van der Waals surface area contributed by atoms with E-state index in [4.69, 9.17) is 59.5 Å². The van der Waals surface area contributed by atoms with Gasteiger partial charge in [0, 0.05) is 74.9 Å². The highest BCUT2D eigenvalue weighted by Gasteiger charge is 2.18. The largest absolute Gasteiger partial charge is 0.497 e. The molecule has 69 heavy (non-hydrogen) atoms. The summed E-state index contributed by atoms with van der Waals surface area (Å²) in [6.07, 6.45) is 10.5. The Labute approximate surface area is 414 Å². The van der Waals surface area contributed by atoms with Crippen LogP contribution in [0, 0.1) is 43.4 Å². The zero-order valence-electron chi connectivity index (χ0n) is 38.4. The molecule has 0 saturated heterocycles. The predicted octanol–water partition coefficient (Wildman–Crippen LogP) is 12.3. The van der Waals surface area contributed by atoms with Crippen LogP contribution in [0.3, 0.4) is 0 Å². The molecule has 0 unspecified atom stereocenters. The molecule has 0 bridgehead atoms. The van der Waals surface area contributed by atoms with Crippen LogP contribution in [0.2, 0.25) is 15.5 Å². The zero-order chi connectivity index (χ0) is 49.0. The summed E-state index contributed by atoms with van der Waals surface area (Å²) < 4.78 is 19.4. The fourth-order valence-electron chi connectivity index (χ4n) is 7.43. The van der Waals surface area contributed by atoms with E-state index in [2.05, 4.69) is 53.6 Å². The third kappa shape index (κ3) is 12.1. The van der Waals surface area contributed by atoms with Gasteiger partial charge in [0.05, 0.1) is 57.2 Å². The summed E-state index contributed by atoms with van der Waals surface area (Å²) >= 11 is 17.6. The smallest absolute Gasteiger partial charge is 0.129 e. The summed E-state index contributed by atoms with van der Waals surface area (Å²) in [6.45, 7) is 6.37. The first-order chi connectivity index (χ1) is 33.4. The first kappa shape index (κ1) is 48.9. The van der Waals surface area contributed by atoms with Crippen LogP contribution in [-0.2, 0) is 13.1 Å². The lowest BCUT2D eigenvalue weighted by atomic mass is 10.0. The Balaban J connectivity index is 0.000000153. The van der Waals surface area contributed by atoms with Crippen molar-refractivity contribution in [2.75, 3.05) is 21.3 Å². The van der Waals surface area contributed by atoms with E-state index in [1.807, 2.05) is 93.7 Å². The molecule has 6 heterocycles. The topological polar surface area (TPSA) is 178 Å². The number of aryl methyl sites for hydroxylation is 3. The number of methoxy groups -OCH3 is 3. The van der Waals surface area contributed by atoms with E-state index in [-0.39, 0.29) is 13.1 Å². The van der Waals surface area contributed by atoms with Gasteiger partial charge >= 0.3 is 0 Å². The summed E-state index contributed by atoms with van der Waals surface area (Å²) in [6, 6.07) is 33.1. The third-order valence-electron chi connectivity index (χ3n) is 10.5. The lowest BCUT2D eigenvalue weighted by Crippen LogP contribution is -2.01. The standard InChI is InChI=1S/2C18H15ClN4O.C16H14ClN3O/c1-12-7-14(9-15(8-12)24-2)18-16(11-23(22-18)6-5-20)13-3-4-17(19)21-10-13;1-12-7-14(9-15(8-12)24-2)18-16(11-22-23(18)6-5-20)13-3-4-17(19)21-10-13;1-10-5-12(7-13(6-10)21-2)16-14(9-19-20-16)11-3-4-15(17)18-8-11/h2*3-4,7-11H,6H2,1-2H3;3-9H,1-2H3,(H,19,20). The Kier molecular flexibility index (Phi) is 16.1. The highest BCUT2D eigenvalue weighted by atomic mass is 35.5. The van der Waals surface area contributed by atoms with Crippen LogP contribution in [0.15, 0.2) is 128 Å². The van der Waals surface area contributed by atoms with Gasteiger partial charge in [0.1, 0.15) is 51.5 Å². The zero-order valence-corrected chi connectivity index (χ0v) is 40.6.